The summed E-state index contributed by atoms with van der Waals surface area (Å²) in [5.41, 5.74) is 0.251. The van der Waals surface area contributed by atoms with E-state index in [1.54, 1.807) is 0 Å². The maximum Gasteiger partial charge on any atom is 0.306 e. The second-order valence-corrected chi connectivity index (χ2v) is 7.46. The van der Waals surface area contributed by atoms with Crippen LogP contribution in [-0.4, -0.2) is 31.8 Å². The highest BCUT2D eigenvalue weighted by Gasteiger charge is 2.26. The molecular formula is C14H18FNO4S. The third-order valence-electron chi connectivity index (χ3n) is 3.80. The molecular weight excluding hydrogens is 297 g/mol. The van der Waals surface area contributed by atoms with Gasteiger partial charge in [0.25, 0.3) is 0 Å². The molecule has 116 valence electrons. The van der Waals surface area contributed by atoms with E-state index in [0.29, 0.717) is 25.7 Å². The maximum absolute atomic E-state index is 13.9. The highest BCUT2D eigenvalue weighted by molar-refractivity contribution is 7.90. The molecule has 1 fully saturated rings. The molecule has 1 aromatic carbocycles. The van der Waals surface area contributed by atoms with Gasteiger partial charge in [0.05, 0.1) is 16.5 Å². The standard InChI is InChI=1S/C14H18FNO4S/c1-21(19,20)11-6-7-13(12(15)8-11)16-10-4-2-9(3-5-10)14(17)18/h6-10,16H,2-5H2,1H3,(H,17,18). The molecule has 0 amide bonds. The molecule has 0 aromatic heterocycles. The summed E-state index contributed by atoms with van der Waals surface area (Å²) in [5.74, 6) is -1.71. The van der Waals surface area contributed by atoms with Crippen LogP contribution in [0.15, 0.2) is 23.1 Å². The van der Waals surface area contributed by atoms with Crippen molar-refractivity contribution < 1.29 is 22.7 Å². The molecule has 5 nitrogen and oxygen atoms in total. The molecule has 1 aromatic rings. The first-order valence-corrected chi connectivity index (χ1v) is 8.65. The van der Waals surface area contributed by atoms with Crippen LogP contribution in [0, 0.1) is 11.7 Å². The van der Waals surface area contributed by atoms with Gasteiger partial charge in [0.1, 0.15) is 5.82 Å². The fourth-order valence-corrected chi connectivity index (χ4v) is 3.18. The molecule has 0 unspecified atom stereocenters. The number of rotatable bonds is 4. The van der Waals surface area contributed by atoms with E-state index in [0.717, 1.165) is 12.3 Å². The van der Waals surface area contributed by atoms with Crippen molar-refractivity contribution in [2.75, 3.05) is 11.6 Å². The predicted octanol–water partition coefficient (Wildman–Crippen LogP) is 2.28. The zero-order valence-electron chi connectivity index (χ0n) is 11.7. The Hall–Kier alpha value is -1.63. The Morgan fingerprint density at radius 3 is 2.38 bits per heavy atom. The van der Waals surface area contributed by atoms with Crippen molar-refractivity contribution in [1.29, 1.82) is 0 Å². The minimum Gasteiger partial charge on any atom is -0.481 e. The smallest absolute Gasteiger partial charge is 0.306 e. The van der Waals surface area contributed by atoms with Gasteiger partial charge in [-0.2, -0.15) is 0 Å². The lowest BCUT2D eigenvalue weighted by Crippen LogP contribution is -2.29. The Bertz CT molecular complexity index is 636. The summed E-state index contributed by atoms with van der Waals surface area (Å²) in [7, 11) is -3.43. The summed E-state index contributed by atoms with van der Waals surface area (Å²) in [5, 5.41) is 12.0. The van der Waals surface area contributed by atoms with Crippen LogP contribution in [0.5, 0.6) is 0 Å². The number of hydrogen-bond donors (Lipinski definition) is 2. The Balaban J connectivity index is 2.03. The first-order valence-electron chi connectivity index (χ1n) is 6.76. The van der Waals surface area contributed by atoms with Gasteiger partial charge in [-0.25, -0.2) is 12.8 Å². The molecule has 0 atom stereocenters. The molecule has 0 heterocycles. The van der Waals surface area contributed by atoms with E-state index in [9.17, 15) is 17.6 Å². The van der Waals surface area contributed by atoms with Crippen molar-refractivity contribution in [3.05, 3.63) is 24.0 Å². The van der Waals surface area contributed by atoms with E-state index >= 15 is 0 Å². The van der Waals surface area contributed by atoms with Gasteiger partial charge in [-0.1, -0.05) is 0 Å². The number of carboxylic acids is 1. The highest BCUT2D eigenvalue weighted by Crippen LogP contribution is 2.28. The Labute approximate surface area is 123 Å². The first kappa shape index (κ1) is 15.8. The number of sulfone groups is 1. The Morgan fingerprint density at radius 1 is 1.29 bits per heavy atom. The number of anilines is 1. The van der Waals surface area contributed by atoms with Crippen molar-refractivity contribution in [2.45, 2.75) is 36.6 Å². The molecule has 21 heavy (non-hydrogen) atoms. The average Bonchev–Trinajstić information content (AvgIpc) is 2.40. The molecule has 1 saturated carbocycles. The number of carbonyl (C=O) groups is 1. The molecule has 1 aliphatic carbocycles. The molecule has 0 aliphatic heterocycles. The van der Waals surface area contributed by atoms with Crippen molar-refractivity contribution >= 4 is 21.5 Å². The van der Waals surface area contributed by atoms with Crippen LogP contribution in [0.4, 0.5) is 10.1 Å². The van der Waals surface area contributed by atoms with Gasteiger partial charge in [0.2, 0.25) is 0 Å². The molecule has 1 aliphatic rings. The molecule has 0 spiro atoms. The van der Waals surface area contributed by atoms with Crippen LogP contribution in [0.3, 0.4) is 0 Å². The van der Waals surface area contributed by atoms with Gasteiger partial charge in [0, 0.05) is 12.3 Å². The third-order valence-corrected chi connectivity index (χ3v) is 4.91. The molecule has 2 N–H and O–H groups in total. The maximum atomic E-state index is 13.9. The van der Waals surface area contributed by atoms with Gasteiger partial charge < -0.3 is 10.4 Å². The van der Waals surface area contributed by atoms with Gasteiger partial charge in [-0.15, -0.1) is 0 Å². The number of benzene rings is 1. The summed E-state index contributed by atoms with van der Waals surface area (Å²) < 4.78 is 36.6. The summed E-state index contributed by atoms with van der Waals surface area (Å²) in [4.78, 5) is 10.8. The zero-order chi connectivity index (χ0) is 15.6. The van der Waals surface area contributed by atoms with Crippen LogP contribution < -0.4 is 5.32 Å². The van der Waals surface area contributed by atoms with E-state index in [4.69, 9.17) is 5.11 Å². The monoisotopic (exact) mass is 315 g/mol. The number of nitrogens with one attached hydrogen (secondary N) is 1. The first-order chi connectivity index (χ1) is 9.77. The predicted molar refractivity (Wildman–Crippen MR) is 76.5 cm³/mol. The summed E-state index contributed by atoms with van der Waals surface area (Å²) in [6.45, 7) is 0. The quantitative estimate of drug-likeness (QED) is 0.890. The molecule has 0 radical (unpaired) electrons. The second-order valence-electron chi connectivity index (χ2n) is 5.44. The summed E-state index contributed by atoms with van der Waals surface area (Å²) in [6.07, 6.45) is 3.47. The van der Waals surface area contributed by atoms with Crippen LogP contribution in [-0.2, 0) is 14.6 Å². The summed E-state index contributed by atoms with van der Waals surface area (Å²) >= 11 is 0. The van der Waals surface area contributed by atoms with E-state index in [1.807, 2.05) is 0 Å². The van der Waals surface area contributed by atoms with Crippen LogP contribution in [0.1, 0.15) is 25.7 Å². The van der Waals surface area contributed by atoms with Crippen molar-refractivity contribution in [1.82, 2.24) is 0 Å². The van der Waals surface area contributed by atoms with Crippen LogP contribution >= 0.6 is 0 Å². The van der Waals surface area contributed by atoms with Crippen molar-refractivity contribution in [3.63, 3.8) is 0 Å². The largest absolute Gasteiger partial charge is 0.481 e. The summed E-state index contributed by atoms with van der Waals surface area (Å²) in [6, 6.07) is 3.79. The zero-order valence-corrected chi connectivity index (χ0v) is 12.5. The van der Waals surface area contributed by atoms with Gasteiger partial charge in [-0.3, -0.25) is 4.79 Å². The topological polar surface area (TPSA) is 83.5 Å². The number of hydrogen-bond acceptors (Lipinski definition) is 4. The minimum absolute atomic E-state index is 0.0131. The lowest BCUT2D eigenvalue weighted by atomic mass is 9.86. The van der Waals surface area contributed by atoms with Crippen molar-refractivity contribution in [2.24, 2.45) is 5.92 Å². The fourth-order valence-electron chi connectivity index (χ4n) is 2.55. The molecule has 0 bridgehead atoms. The number of aliphatic carboxylic acids is 1. The highest BCUT2D eigenvalue weighted by atomic mass is 32.2. The third kappa shape index (κ3) is 3.93. The second kappa shape index (κ2) is 6.01. The van der Waals surface area contributed by atoms with Gasteiger partial charge in [0.15, 0.2) is 9.84 Å². The number of carboxylic acid groups (broad SMARTS) is 1. The Kier molecular flexibility index (Phi) is 4.51. The van der Waals surface area contributed by atoms with Crippen LogP contribution in [0.25, 0.3) is 0 Å². The SMILES string of the molecule is CS(=O)(=O)c1ccc(NC2CCC(C(=O)O)CC2)c(F)c1. The average molecular weight is 315 g/mol. The lowest BCUT2D eigenvalue weighted by Gasteiger charge is -2.27. The minimum atomic E-state index is -3.43. The van der Waals surface area contributed by atoms with E-state index in [1.165, 1.54) is 12.1 Å². The van der Waals surface area contributed by atoms with E-state index in [-0.39, 0.29) is 22.5 Å². The van der Waals surface area contributed by atoms with Crippen LogP contribution in [0.2, 0.25) is 0 Å². The van der Waals surface area contributed by atoms with Crippen molar-refractivity contribution in [3.8, 4) is 0 Å². The van der Waals surface area contributed by atoms with E-state index in [2.05, 4.69) is 5.32 Å². The molecule has 2 rings (SSSR count). The number of halogens is 1. The van der Waals surface area contributed by atoms with E-state index < -0.39 is 21.6 Å². The lowest BCUT2D eigenvalue weighted by molar-refractivity contribution is -0.142. The molecule has 0 saturated heterocycles. The molecule has 7 heteroatoms. The van der Waals surface area contributed by atoms with Gasteiger partial charge >= 0.3 is 5.97 Å². The fraction of sp³-hybridized carbons (Fsp3) is 0.500. The normalized spacial score (nSPS) is 22.8. The van der Waals surface area contributed by atoms with Gasteiger partial charge in [-0.05, 0) is 43.9 Å². The Morgan fingerprint density at radius 2 is 1.90 bits per heavy atom.